The van der Waals surface area contributed by atoms with E-state index in [-0.39, 0.29) is 10.9 Å². The van der Waals surface area contributed by atoms with E-state index in [9.17, 15) is 14.0 Å². The van der Waals surface area contributed by atoms with Crippen LogP contribution in [0.1, 0.15) is 20.7 Å². The molecule has 2 N–H and O–H groups in total. The number of amides is 2. The molecule has 2 amide bonds. The van der Waals surface area contributed by atoms with E-state index in [0.29, 0.717) is 27.5 Å². The lowest BCUT2D eigenvalue weighted by Crippen LogP contribution is -2.14. The Labute approximate surface area is 164 Å². The first-order valence-corrected chi connectivity index (χ1v) is 8.61. The molecule has 0 radical (unpaired) electrons. The molecule has 0 saturated carbocycles. The van der Waals surface area contributed by atoms with E-state index < -0.39 is 11.7 Å². The summed E-state index contributed by atoms with van der Waals surface area (Å²) in [4.78, 5) is 24.7. The van der Waals surface area contributed by atoms with Crippen molar-refractivity contribution in [2.45, 2.75) is 0 Å². The van der Waals surface area contributed by atoms with Gasteiger partial charge in [-0.25, -0.2) is 4.39 Å². The topological polar surface area (TPSA) is 58.2 Å². The lowest BCUT2D eigenvalue weighted by Gasteiger charge is -2.09. The highest BCUT2D eigenvalue weighted by atomic mass is 35.5. The van der Waals surface area contributed by atoms with Crippen LogP contribution in [0.15, 0.2) is 66.7 Å². The van der Waals surface area contributed by atoms with Gasteiger partial charge in [0.05, 0.1) is 5.02 Å². The van der Waals surface area contributed by atoms with Crippen molar-refractivity contribution >= 4 is 46.4 Å². The van der Waals surface area contributed by atoms with Gasteiger partial charge in [0.1, 0.15) is 5.82 Å². The summed E-state index contributed by atoms with van der Waals surface area (Å²) in [5, 5.41) is 5.70. The van der Waals surface area contributed by atoms with Crippen LogP contribution in [0.4, 0.5) is 15.8 Å². The van der Waals surface area contributed by atoms with Crippen LogP contribution in [0.2, 0.25) is 10.0 Å². The van der Waals surface area contributed by atoms with Gasteiger partial charge >= 0.3 is 0 Å². The molecule has 0 bridgehead atoms. The summed E-state index contributed by atoms with van der Waals surface area (Å²) in [6.45, 7) is 0. The van der Waals surface area contributed by atoms with Gasteiger partial charge in [0.25, 0.3) is 11.8 Å². The molecule has 0 unspecified atom stereocenters. The van der Waals surface area contributed by atoms with Gasteiger partial charge in [0.15, 0.2) is 0 Å². The predicted octanol–water partition coefficient (Wildman–Crippen LogP) is 5.64. The minimum Gasteiger partial charge on any atom is -0.322 e. The van der Waals surface area contributed by atoms with E-state index in [4.69, 9.17) is 23.2 Å². The number of rotatable bonds is 4. The van der Waals surface area contributed by atoms with Crippen LogP contribution >= 0.6 is 23.2 Å². The summed E-state index contributed by atoms with van der Waals surface area (Å²) >= 11 is 11.6. The molecule has 0 heterocycles. The molecule has 0 spiro atoms. The van der Waals surface area contributed by atoms with Crippen molar-refractivity contribution in [1.82, 2.24) is 0 Å². The molecule has 7 heteroatoms. The first-order valence-electron chi connectivity index (χ1n) is 7.86. The van der Waals surface area contributed by atoms with Crippen LogP contribution < -0.4 is 10.6 Å². The highest BCUT2D eigenvalue weighted by molar-refractivity contribution is 6.31. The average molecular weight is 403 g/mol. The van der Waals surface area contributed by atoms with Crippen molar-refractivity contribution in [3.05, 3.63) is 93.7 Å². The number of nitrogens with one attached hydrogen (secondary N) is 2. The smallest absolute Gasteiger partial charge is 0.255 e. The Kier molecular flexibility index (Phi) is 5.74. The summed E-state index contributed by atoms with van der Waals surface area (Å²) < 4.78 is 13.2. The Hall–Kier alpha value is -2.89. The molecule has 0 atom stereocenters. The zero-order chi connectivity index (χ0) is 19.4. The van der Waals surface area contributed by atoms with Gasteiger partial charge in [-0.1, -0.05) is 35.3 Å². The lowest BCUT2D eigenvalue weighted by molar-refractivity contribution is 0.101. The van der Waals surface area contributed by atoms with Gasteiger partial charge < -0.3 is 10.6 Å². The largest absolute Gasteiger partial charge is 0.322 e. The summed E-state index contributed by atoms with van der Waals surface area (Å²) in [7, 11) is 0. The van der Waals surface area contributed by atoms with Crippen molar-refractivity contribution in [3.8, 4) is 0 Å². The van der Waals surface area contributed by atoms with Crippen LogP contribution in [-0.2, 0) is 0 Å². The Balaban J connectivity index is 1.73. The fraction of sp³-hybridized carbons (Fsp3) is 0. The van der Waals surface area contributed by atoms with Crippen molar-refractivity contribution in [3.63, 3.8) is 0 Å². The number of anilines is 2. The van der Waals surface area contributed by atoms with Crippen LogP contribution in [0.3, 0.4) is 0 Å². The summed E-state index contributed by atoms with van der Waals surface area (Å²) in [5.41, 5.74) is 1.53. The summed E-state index contributed by atoms with van der Waals surface area (Å²) in [5.74, 6) is -1.34. The van der Waals surface area contributed by atoms with Crippen LogP contribution in [0.25, 0.3) is 0 Å². The van der Waals surface area contributed by atoms with Gasteiger partial charge in [-0.3, -0.25) is 9.59 Å². The molecular formula is C20H13Cl2FN2O2. The van der Waals surface area contributed by atoms with Crippen molar-refractivity contribution in [2.24, 2.45) is 0 Å². The predicted molar refractivity (Wildman–Crippen MR) is 105 cm³/mol. The third-order valence-electron chi connectivity index (χ3n) is 3.65. The van der Waals surface area contributed by atoms with Crippen molar-refractivity contribution < 1.29 is 14.0 Å². The Bertz CT molecular complexity index is 1020. The summed E-state index contributed by atoms with van der Waals surface area (Å²) in [6.07, 6.45) is 0. The molecule has 3 aromatic carbocycles. The maximum Gasteiger partial charge on any atom is 0.255 e. The van der Waals surface area contributed by atoms with E-state index >= 15 is 0 Å². The second-order valence-electron chi connectivity index (χ2n) is 5.63. The standard InChI is InChI=1S/C20H13Cl2FN2O2/c21-14-5-1-3-12(9-14)19(26)24-15-6-2-4-13(10-15)20(27)25-16-7-8-18(23)17(22)11-16/h1-11H,(H,24,26)(H,25,27). The monoisotopic (exact) mass is 402 g/mol. The molecule has 4 nitrogen and oxygen atoms in total. The number of carbonyl (C=O) groups excluding carboxylic acids is 2. The van der Waals surface area contributed by atoms with Crippen molar-refractivity contribution in [1.29, 1.82) is 0 Å². The number of carbonyl (C=O) groups is 2. The maximum atomic E-state index is 13.2. The fourth-order valence-electron chi connectivity index (χ4n) is 2.35. The molecule has 136 valence electrons. The molecule has 0 fully saturated rings. The zero-order valence-corrected chi connectivity index (χ0v) is 15.3. The Morgan fingerprint density at radius 3 is 1.96 bits per heavy atom. The average Bonchev–Trinajstić information content (AvgIpc) is 2.65. The van der Waals surface area contributed by atoms with E-state index in [1.807, 2.05) is 0 Å². The molecule has 3 rings (SSSR count). The quantitative estimate of drug-likeness (QED) is 0.593. The molecule has 3 aromatic rings. The first-order chi connectivity index (χ1) is 12.9. The molecule has 0 aliphatic rings. The van der Waals surface area contributed by atoms with Gasteiger partial charge in [0.2, 0.25) is 0 Å². The molecular weight excluding hydrogens is 390 g/mol. The van der Waals surface area contributed by atoms with Crippen LogP contribution in [0.5, 0.6) is 0 Å². The second kappa shape index (κ2) is 8.20. The van der Waals surface area contributed by atoms with Gasteiger partial charge in [-0.05, 0) is 54.6 Å². The fourth-order valence-corrected chi connectivity index (χ4v) is 2.72. The maximum absolute atomic E-state index is 13.2. The van der Waals surface area contributed by atoms with E-state index in [1.54, 1.807) is 42.5 Å². The van der Waals surface area contributed by atoms with Gasteiger partial charge in [-0.15, -0.1) is 0 Å². The number of hydrogen-bond donors (Lipinski definition) is 2. The Morgan fingerprint density at radius 2 is 1.33 bits per heavy atom. The molecule has 0 aliphatic heterocycles. The minimum absolute atomic E-state index is 0.0877. The molecule has 0 saturated heterocycles. The third-order valence-corrected chi connectivity index (χ3v) is 4.17. The SMILES string of the molecule is O=C(Nc1cccc(C(=O)Nc2ccc(F)c(Cl)c2)c1)c1cccc(Cl)c1. The molecule has 27 heavy (non-hydrogen) atoms. The van der Waals surface area contributed by atoms with Gasteiger partial charge in [0, 0.05) is 27.5 Å². The van der Waals surface area contributed by atoms with E-state index in [0.717, 1.165) is 0 Å². The van der Waals surface area contributed by atoms with Crippen LogP contribution in [-0.4, -0.2) is 11.8 Å². The highest BCUT2D eigenvalue weighted by Gasteiger charge is 2.11. The van der Waals surface area contributed by atoms with Crippen molar-refractivity contribution in [2.75, 3.05) is 10.6 Å². The minimum atomic E-state index is -0.569. The number of halogens is 3. The number of hydrogen-bond acceptors (Lipinski definition) is 2. The van der Waals surface area contributed by atoms with E-state index in [1.165, 1.54) is 24.3 Å². The number of benzene rings is 3. The Morgan fingerprint density at radius 1 is 0.741 bits per heavy atom. The molecule has 0 aliphatic carbocycles. The highest BCUT2D eigenvalue weighted by Crippen LogP contribution is 2.21. The normalized spacial score (nSPS) is 10.3. The lowest BCUT2D eigenvalue weighted by atomic mass is 10.1. The molecule has 0 aromatic heterocycles. The van der Waals surface area contributed by atoms with E-state index in [2.05, 4.69) is 10.6 Å². The second-order valence-corrected chi connectivity index (χ2v) is 6.47. The third kappa shape index (κ3) is 4.84. The zero-order valence-electron chi connectivity index (χ0n) is 13.8. The van der Waals surface area contributed by atoms with Gasteiger partial charge in [-0.2, -0.15) is 0 Å². The van der Waals surface area contributed by atoms with Crippen LogP contribution in [0, 0.1) is 5.82 Å². The first kappa shape index (κ1) is 18.9. The summed E-state index contributed by atoms with van der Waals surface area (Å²) in [6, 6.07) is 16.8.